The fraction of sp³-hybridized carbons (Fsp3) is 0.538. The molecule has 0 bridgehead atoms. The molecule has 16 heavy (non-hydrogen) atoms. The van der Waals surface area contributed by atoms with Gasteiger partial charge in [-0.1, -0.05) is 23.7 Å². The summed E-state index contributed by atoms with van der Waals surface area (Å²) in [5, 5.41) is 0.804. The number of nitrogens with zero attached hydrogens (tertiary/aromatic N) is 1. The Morgan fingerprint density at radius 1 is 1.50 bits per heavy atom. The number of rotatable bonds is 2. The molecule has 2 nitrogen and oxygen atoms in total. The van der Waals surface area contributed by atoms with E-state index in [1.54, 1.807) is 0 Å². The Bertz CT molecular complexity index is 376. The predicted molar refractivity (Wildman–Crippen MR) is 68.5 cm³/mol. The van der Waals surface area contributed by atoms with Gasteiger partial charge in [0.1, 0.15) is 0 Å². The number of nitrogens with two attached hydrogens (primary N) is 1. The van der Waals surface area contributed by atoms with Crippen molar-refractivity contribution < 1.29 is 0 Å². The maximum atomic E-state index is 6.12. The highest BCUT2D eigenvalue weighted by Crippen LogP contribution is 2.29. The Hall–Kier alpha value is -0.570. The Balaban J connectivity index is 2.11. The van der Waals surface area contributed by atoms with E-state index in [0.29, 0.717) is 0 Å². The van der Waals surface area contributed by atoms with Crippen molar-refractivity contribution in [3.05, 3.63) is 34.9 Å². The molecule has 1 unspecified atom stereocenters. The van der Waals surface area contributed by atoms with E-state index in [2.05, 4.69) is 24.8 Å². The molecule has 88 valence electrons. The van der Waals surface area contributed by atoms with E-state index in [1.807, 2.05) is 18.2 Å². The highest BCUT2D eigenvalue weighted by Gasteiger charge is 2.38. The van der Waals surface area contributed by atoms with Gasteiger partial charge < -0.3 is 5.73 Å². The third-order valence-electron chi connectivity index (χ3n) is 3.69. The summed E-state index contributed by atoms with van der Waals surface area (Å²) in [6, 6.07) is 8.33. The molecular weight excluding hydrogens is 220 g/mol. The first-order chi connectivity index (χ1) is 7.50. The number of hydrogen-bond donors (Lipinski definition) is 1. The third kappa shape index (κ3) is 2.24. The van der Waals surface area contributed by atoms with E-state index >= 15 is 0 Å². The first-order valence-corrected chi connectivity index (χ1v) is 6.13. The normalized spacial score (nSPS) is 24.9. The predicted octanol–water partition coefficient (Wildman–Crippen LogP) is 2.65. The summed E-state index contributed by atoms with van der Waals surface area (Å²) in [6.07, 6.45) is 1.08. The quantitative estimate of drug-likeness (QED) is 0.859. The lowest BCUT2D eigenvalue weighted by Crippen LogP contribution is -2.48. The summed E-state index contributed by atoms with van der Waals surface area (Å²) >= 11 is 5.99. The van der Waals surface area contributed by atoms with Gasteiger partial charge in [0.2, 0.25) is 0 Å². The molecule has 0 radical (unpaired) electrons. The van der Waals surface area contributed by atoms with E-state index in [0.717, 1.165) is 24.5 Å². The van der Waals surface area contributed by atoms with Crippen molar-refractivity contribution in [2.24, 2.45) is 5.73 Å². The SMILES string of the molecule is CC1(C)C(N)CCN1Cc1cccc(Cl)c1. The molecule has 2 rings (SSSR count). The Morgan fingerprint density at radius 3 is 2.81 bits per heavy atom. The standard InChI is InChI=1S/C13H19ClN2/c1-13(2)12(15)6-7-16(13)9-10-4-3-5-11(14)8-10/h3-5,8,12H,6-7,9,15H2,1-2H3. The van der Waals surface area contributed by atoms with Crippen LogP contribution in [0.5, 0.6) is 0 Å². The van der Waals surface area contributed by atoms with Crippen molar-refractivity contribution in [1.29, 1.82) is 0 Å². The number of likely N-dealkylation sites (tertiary alicyclic amines) is 1. The lowest BCUT2D eigenvalue weighted by Gasteiger charge is -2.34. The zero-order valence-corrected chi connectivity index (χ0v) is 10.7. The molecule has 1 fully saturated rings. The van der Waals surface area contributed by atoms with Crippen molar-refractivity contribution >= 4 is 11.6 Å². The molecule has 1 aliphatic rings. The second-order valence-electron chi connectivity index (χ2n) is 5.10. The molecule has 0 aromatic heterocycles. The Labute approximate surface area is 102 Å². The van der Waals surface area contributed by atoms with Crippen molar-refractivity contribution in [3.8, 4) is 0 Å². The molecule has 1 aliphatic heterocycles. The average molecular weight is 239 g/mol. The van der Waals surface area contributed by atoms with Crippen LogP contribution >= 0.6 is 11.6 Å². The molecule has 1 heterocycles. The second kappa shape index (κ2) is 4.36. The fourth-order valence-corrected chi connectivity index (χ4v) is 2.52. The van der Waals surface area contributed by atoms with Gasteiger partial charge in [0, 0.05) is 29.7 Å². The summed E-state index contributed by atoms with van der Waals surface area (Å²) in [5.41, 5.74) is 7.46. The second-order valence-corrected chi connectivity index (χ2v) is 5.54. The first-order valence-electron chi connectivity index (χ1n) is 5.75. The Kier molecular flexibility index (Phi) is 3.24. The third-order valence-corrected chi connectivity index (χ3v) is 3.93. The molecule has 0 aliphatic carbocycles. The summed E-state index contributed by atoms with van der Waals surface area (Å²) in [6.45, 7) is 6.44. The van der Waals surface area contributed by atoms with Gasteiger partial charge in [-0.3, -0.25) is 4.90 Å². The Morgan fingerprint density at radius 2 is 2.25 bits per heavy atom. The molecule has 2 N–H and O–H groups in total. The van der Waals surface area contributed by atoms with Gasteiger partial charge in [0.05, 0.1) is 0 Å². The van der Waals surface area contributed by atoms with Gasteiger partial charge in [-0.15, -0.1) is 0 Å². The van der Waals surface area contributed by atoms with Gasteiger partial charge in [-0.25, -0.2) is 0 Å². The largest absolute Gasteiger partial charge is 0.326 e. The fourth-order valence-electron chi connectivity index (χ4n) is 2.31. The van der Waals surface area contributed by atoms with Crippen LogP contribution in [0.1, 0.15) is 25.8 Å². The van der Waals surface area contributed by atoms with E-state index in [9.17, 15) is 0 Å². The highest BCUT2D eigenvalue weighted by atomic mass is 35.5. The molecule has 1 aromatic carbocycles. The smallest absolute Gasteiger partial charge is 0.0409 e. The molecule has 1 saturated heterocycles. The molecule has 0 saturated carbocycles. The zero-order valence-electron chi connectivity index (χ0n) is 9.91. The molecular formula is C13H19ClN2. The summed E-state index contributed by atoms with van der Waals surface area (Å²) in [4.78, 5) is 2.43. The maximum absolute atomic E-state index is 6.12. The van der Waals surface area contributed by atoms with Crippen LogP contribution in [0.2, 0.25) is 5.02 Å². The first kappa shape index (κ1) is 11.9. The van der Waals surface area contributed by atoms with Crippen LogP contribution in [-0.4, -0.2) is 23.0 Å². The van der Waals surface area contributed by atoms with Crippen LogP contribution in [0, 0.1) is 0 Å². The van der Waals surface area contributed by atoms with Crippen LogP contribution in [-0.2, 0) is 6.54 Å². The van der Waals surface area contributed by atoms with Crippen LogP contribution in [0.25, 0.3) is 0 Å². The lowest BCUT2D eigenvalue weighted by atomic mass is 9.96. The van der Waals surface area contributed by atoms with E-state index in [-0.39, 0.29) is 11.6 Å². The summed E-state index contributed by atoms with van der Waals surface area (Å²) in [7, 11) is 0. The van der Waals surface area contributed by atoms with Crippen molar-refractivity contribution in [3.63, 3.8) is 0 Å². The highest BCUT2D eigenvalue weighted by molar-refractivity contribution is 6.30. The van der Waals surface area contributed by atoms with Crippen molar-refractivity contribution in [1.82, 2.24) is 4.90 Å². The van der Waals surface area contributed by atoms with Crippen molar-refractivity contribution in [2.45, 2.75) is 38.4 Å². The van der Waals surface area contributed by atoms with E-state index in [4.69, 9.17) is 17.3 Å². The number of halogens is 1. The summed E-state index contributed by atoms with van der Waals surface area (Å²) in [5.74, 6) is 0. The topological polar surface area (TPSA) is 29.3 Å². The number of benzene rings is 1. The average Bonchev–Trinajstić information content (AvgIpc) is 2.45. The van der Waals surface area contributed by atoms with Gasteiger partial charge >= 0.3 is 0 Å². The van der Waals surface area contributed by atoms with Crippen molar-refractivity contribution in [2.75, 3.05) is 6.54 Å². The van der Waals surface area contributed by atoms with Crippen LogP contribution in [0.4, 0.5) is 0 Å². The molecule has 0 amide bonds. The van der Waals surface area contributed by atoms with E-state index in [1.165, 1.54) is 5.56 Å². The molecule has 3 heteroatoms. The molecule has 1 aromatic rings. The number of hydrogen-bond acceptors (Lipinski definition) is 2. The molecule has 0 spiro atoms. The van der Waals surface area contributed by atoms with Crippen LogP contribution in [0.3, 0.4) is 0 Å². The van der Waals surface area contributed by atoms with Crippen LogP contribution < -0.4 is 5.73 Å². The molecule has 1 atom stereocenters. The van der Waals surface area contributed by atoms with Crippen LogP contribution in [0.15, 0.2) is 24.3 Å². The lowest BCUT2D eigenvalue weighted by molar-refractivity contribution is 0.154. The minimum atomic E-state index is 0.0856. The monoisotopic (exact) mass is 238 g/mol. The maximum Gasteiger partial charge on any atom is 0.0409 e. The van der Waals surface area contributed by atoms with E-state index < -0.39 is 0 Å². The van der Waals surface area contributed by atoms with Gasteiger partial charge in [0.15, 0.2) is 0 Å². The van der Waals surface area contributed by atoms with Gasteiger partial charge in [-0.2, -0.15) is 0 Å². The minimum Gasteiger partial charge on any atom is -0.326 e. The van der Waals surface area contributed by atoms with Gasteiger partial charge in [-0.05, 0) is 38.0 Å². The van der Waals surface area contributed by atoms with Gasteiger partial charge in [0.25, 0.3) is 0 Å². The minimum absolute atomic E-state index is 0.0856. The zero-order chi connectivity index (χ0) is 11.8. The summed E-state index contributed by atoms with van der Waals surface area (Å²) < 4.78 is 0.